The van der Waals surface area contributed by atoms with E-state index in [1.807, 2.05) is 36.4 Å². The first-order valence-electron chi connectivity index (χ1n) is 9.08. The van der Waals surface area contributed by atoms with Crippen molar-refractivity contribution in [3.05, 3.63) is 77.2 Å². The molecule has 0 saturated carbocycles. The second-order valence-electron chi connectivity index (χ2n) is 6.29. The van der Waals surface area contributed by atoms with E-state index in [1.165, 1.54) is 13.0 Å². The Kier molecular flexibility index (Phi) is 8.57. The number of esters is 1. The van der Waals surface area contributed by atoms with E-state index >= 15 is 0 Å². The van der Waals surface area contributed by atoms with Gasteiger partial charge < -0.3 is 10.1 Å². The topological polar surface area (TPSA) is 102 Å². The number of nitrogens with one attached hydrogen (secondary N) is 2. The van der Waals surface area contributed by atoms with Crippen molar-refractivity contribution in [3.63, 3.8) is 0 Å². The van der Waals surface area contributed by atoms with Crippen molar-refractivity contribution in [2.75, 3.05) is 13.2 Å². The van der Waals surface area contributed by atoms with E-state index in [2.05, 4.69) is 10.0 Å². The summed E-state index contributed by atoms with van der Waals surface area (Å²) >= 11 is 0. The van der Waals surface area contributed by atoms with Gasteiger partial charge in [0.1, 0.15) is 6.04 Å². The summed E-state index contributed by atoms with van der Waals surface area (Å²) in [4.78, 5) is 23.7. The standard InChI is InChI=1S/C21H24N2O5S/c1-17(23-29(26,27)15-13-19-10-6-3-7-11-19)21(25)28-16-20(24)22-14-12-18-8-4-2-5-9-18/h2-11,13,15,17,23H,12,14,16H2,1H3,(H,22,24)/b15-13+/t17-/m0/s1. The summed E-state index contributed by atoms with van der Waals surface area (Å²) < 4.78 is 31.2. The second kappa shape index (κ2) is 11.1. The minimum Gasteiger partial charge on any atom is -0.454 e. The summed E-state index contributed by atoms with van der Waals surface area (Å²) in [7, 11) is -3.84. The molecule has 0 heterocycles. The molecule has 7 nitrogen and oxygen atoms in total. The van der Waals surface area contributed by atoms with E-state index in [-0.39, 0.29) is 0 Å². The van der Waals surface area contributed by atoms with Crippen LogP contribution < -0.4 is 10.0 Å². The summed E-state index contributed by atoms with van der Waals surface area (Å²) in [6, 6.07) is 17.4. The van der Waals surface area contributed by atoms with Crippen LogP contribution >= 0.6 is 0 Å². The lowest BCUT2D eigenvalue weighted by molar-refractivity contribution is -0.149. The fourth-order valence-electron chi connectivity index (χ4n) is 2.37. The first-order valence-corrected chi connectivity index (χ1v) is 10.6. The number of hydrogen-bond donors (Lipinski definition) is 2. The van der Waals surface area contributed by atoms with Crippen molar-refractivity contribution in [2.24, 2.45) is 0 Å². The van der Waals surface area contributed by atoms with Crippen LogP contribution in [0.2, 0.25) is 0 Å². The van der Waals surface area contributed by atoms with Crippen molar-refractivity contribution < 1.29 is 22.7 Å². The van der Waals surface area contributed by atoms with E-state index in [9.17, 15) is 18.0 Å². The Morgan fingerprint density at radius 2 is 1.66 bits per heavy atom. The Balaban J connectivity index is 1.72. The molecule has 1 atom stereocenters. The van der Waals surface area contributed by atoms with Crippen LogP contribution in [-0.2, 0) is 30.8 Å². The first kappa shape index (κ1) is 22.3. The number of amides is 1. The van der Waals surface area contributed by atoms with Gasteiger partial charge in [-0.1, -0.05) is 60.7 Å². The van der Waals surface area contributed by atoms with E-state index in [4.69, 9.17) is 4.74 Å². The van der Waals surface area contributed by atoms with E-state index in [0.717, 1.165) is 11.0 Å². The van der Waals surface area contributed by atoms with Gasteiger partial charge in [0.25, 0.3) is 5.91 Å². The molecule has 2 aromatic rings. The normalized spacial score (nSPS) is 12.4. The quantitative estimate of drug-likeness (QED) is 0.576. The highest BCUT2D eigenvalue weighted by Gasteiger charge is 2.20. The lowest BCUT2D eigenvalue weighted by Gasteiger charge is -2.12. The monoisotopic (exact) mass is 416 g/mol. The Hall–Kier alpha value is -2.97. The zero-order valence-corrected chi connectivity index (χ0v) is 16.9. The van der Waals surface area contributed by atoms with E-state index in [0.29, 0.717) is 18.5 Å². The molecular weight excluding hydrogens is 392 g/mol. The van der Waals surface area contributed by atoms with Crippen molar-refractivity contribution in [1.82, 2.24) is 10.0 Å². The molecule has 0 unspecified atom stereocenters. The van der Waals surface area contributed by atoms with Gasteiger partial charge in [0, 0.05) is 12.0 Å². The minimum atomic E-state index is -3.84. The lowest BCUT2D eigenvalue weighted by atomic mass is 10.1. The molecule has 154 valence electrons. The van der Waals surface area contributed by atoms with Gasteiger partial charge in [-0.15, -0.1) is 0 Å². The van der Waals surface area contributed by atoms with Gasteiger partial charge in [0.15, 0.2) is 6.61 Å². The molecule has 0 spiro atoms. The predicted molar refractivity (Wildman–Crippen MR) is 111 cm³/mol. The third-order valence-corrected chi connectivity index (χ3v) is 5.03. The van der Waals surface area contributed by atoms with E-state index in [1.54, 1.807) is 24.3 Å². The van der Waals surface area contributed by atoms with Crippen LogP contribution in [0.3, 0.4) is 0 Å². The number of benzene rings is 2. The van der Waals surface area contributed by atoms with Crippen molar-refractivity contribution in [2.45, 2.75) is 19.4 Å². The fourth-order valence-corrected chi connectivity index (χ4v) is 3.37. The SMILES string of the molecule is C[C@H](NS(=O)(=O)/C=C/c1ccccc1)C(=O)OCC(=O)NCCc1ccccc1. The zero-order valence-electron chi connectivity index (χ0n) is 16.1. The molecule has 0 fully saturated rings. The molecule has 29 heavy (non-hydrogen) atoms. The first-order chi connectivity index (χ1) is 13.9. The third-order valence-electron chi connectivity index (χ3n) is 3.86. The highest BCUT2D eigenvalue weighted by Crippen LogP contribution is 2.03. The van der Waals surface area contributed by atoms with Crippen LogP contribution in [0.15, 0.2) is 66.1 Å². The Morgan fingerprint density at radius 1 is 1.03 bits per heavy atom. The highest BCUT2D eigenvalue weighted by atomic mass is 32.2. The van der Waals surface area contributed by atoms with Gasteiger partial charge in [0.2, 0.25) is 10.0 Å². The van der Waals surface area contributed by atoms with Crippen LogP contribution in [0.4, 0.5) is 0 Å². The maximum atomic E-state index is 12.0. The van der Waals surface area contributed by atoms with Crippen molar-refractivity contribution in [1.29, 1.82) is 0 Å². The maximum Gasteiger partial charge on any atom is 0.324 e. The fraction of sp³-hybridized carbons (Fsp3) is 0.238. The largest absolute Gasteiger partial charge is 0.454 e. The molecule has 8 heteroatoms. The van der Waals surface area contributed by atoms with Gasteiger partial charge in [-0.3, -0.25) is 9.59 Å². The van der Waals surface area contributed by atoms with Gasteiger partial charge in [0.05, 0.1) is 0 Å². The summed E-state index contributed by atoms with van der Waals surface area (Å²) in [5.74, 6) is -1.28. The summed E-state index contributed by atoms with van der Waals surface area (Å²) in [6.07, 6.45) is 2.07. The number of hydrogen-bond acceptors (Lipinski definition) is 5. The average Bonchev–Trinajstić information content (AvgIpc) is 2.72. The molecule has 0 radical (unpaired) electrons. The van der Waals surface area contributed by atoms with Gasteiger partial charge in [-0.25, -0.2) is 8.42 Å². The smallest absolute Gasteiger partial charge is 0.324 e. The molecule has 2 aromatic carbocycles. The third kappa shape index (κ3) is 8.71. The van der Waals surface area contributed by atoms with Crippen LogP contribution in [0.1, 0.15) is 18.1 Å². The molecule has 2 N–H and O–H groups in total. The van der Waals surface area contributed by atoms with Gasteiger partial charge in [-0.05, 0) is 30.5 Å². The summed E-state index contributed by atoms with van der Waals surface area (Å²) in [5.41, 5.74) is 1.79. The average molecular weight is 416 g/mol. The Labute approximate surface area is 170 Å². The molecule has 0 aliphatic heterocycles. The zero-order chi connectivity index (χ0) is 21.1. The van der Waals surface area contributed by atoms with E-state index < -0.39 is 34.5 Å². The number of ether oxygens (including phenoxy) is 1. The highest BCUT2D eigenvalue weighted by molar-refractivity contribution is 7.92. The Morgan fingerprint density at radius 3 is 2.31 bits per heavy atom. The molecule has 0 bridgehead atoms. The van der Waals surface area contributed by atoms with Crippen molar-refractivity contribution in [3.8, 4) is 0 Å². The number of sulfonamides is 1. The molecule has 0 aliphatic carbocycles. The maximum absolute atomic E-state index is 12.0. The van der Waals surface area contributed by atoms with Crippen molar-refractivity contribution >= 4 is 28.0 Å². The van der Waals surface area contributed by atoms with Crippen LogP contribution in [0, 0.1) is 0 Å². The van der Waals surface area contributed by atoms with Gasteiger partial charge in [-0.2, -0.15) is 4.72 Å². The number of rotatable bonds is 10. The number of carbonyl (C=O) groups excluding carboxylic acids is 2. The molecule has 2 rings (SSSR count). The lowest BCUT2D eigenvalue weighted by Crippen LogP contribution is -2.40. The van der Waals surface area contributed by atoms with Gasteiger partial charge >= 0.3 is 5.97 Å². The summed E-state index contributed by atoms with van der Waals surface area (Å²) in [5, 5.41) is 3.62. The Bertz CT molecular complexity index is 928. The molecule has 1 amide bonds. The number of carbonyl (C=O) groups is 2. The van der Waals surface area contributed by atoms with Crippen LogP contribution in [0.25, 0.3) is 6.08 Å². The predicted octanol–water partition coefficient (Wildman–Crippen LogP) is 1.87. The second-order valence-corrected chi connectivity index (χ2v) is 7.89. The molecule has 0 saturated heterocycles. The molecular formula is C21H24N2O5S. The summed E-state index contributed by atoms with van der Waals surface area (Å²) in [6.45, 7) is 1.29. The minimum absolute atomic E-state index is 0.410. The van der Waals surface area contributed by atoms with Crippen LogP contribution in [0.5, 0.6) is 0 Å². The van der Waals surface area contributed by atoms with Crippen LogP contribution in [-0.4, -0.2) is 39.5 Å². The molecule has 0 aliphatic rings. The molecule has 0 aromatic heterocycles.